The molecule has 1 aliphatic heterocycles. The van der Waals surface area contributed by atoms with Gasteiger partial charge in [-0.25, -0.2) is 4.79 Å². The third kappa shape index (κ3) is 3.67. The maximum Gasteiger partial charge on any atom is 0.335 e. The third-order valence-corrected chi connectivity index (χ3v) is 5.54. The molecule has 1 saturated heterocycles. The predicted molar refractivity (Wildman–Crippen MR) is 110 cm³/mol. The summed E-state index contributed by atoms with van der Waals surface area (Å²) in [5.41, 5.74) is 1.35. The van der Waals surface area contributed by atoms with Gasteiger partial charge >= 0.3 is 5.97 Å². The van der Waals surface area contributed by atoms with E-state index in [0.29, 0.717) is 20.7 Å². The number of anilines is 1. The minimum absolute atomic E-state index is 0.0969. The average Bonchev–Trinajstić information content (AvgIpc) is 2.88. The first-order chi connectivity index (χ1) is 12.4. The summed E-state index contributed by atoms with van der Waals surface area (Å²) in [7, 11) is 1.58. The summed E-state index contributed by atoms with van der Waals surface area (Å²) in [4.78, 5) is 25.7. The van der Waals surface area contributed by atoms with Crippen LogP contribution in [-0.2, 0) is 4.79 Å². The van der Waals surface area contributed by atoms with Gasteiger partial charge in [-0.15, -0.1) is 0 Å². The zero-order valence-corrected chi connectivity index (χ0v) is 16.7. The standard InChI is InChI=1S/C18H12BrNO4S2/c1-24-14-6-5-10(7-13(14)19)8-15-16(21)20(18(25)26-15)12-4-2-3-11(9-12)17(22)23/h2-9H,1H3,(H,22,23)/b15-8+. The summed E-state index contributed by atoms with van der Waals surface area (Å²) in [6.07, 6.45) is 1.74. The van der Waals surface area contributed by atoms with E-state index in [4.69, 9.17) is 22.1 Å². The van der Waals surface area contributed by atoms with Gasteiger partial charge in [-0.1, -0.05) is 36.1 Å². The normalized spacial score (nSPS) is 15.6. The second-order valence-corrected chi connectivity index (χ2v) is 7.80. The van der Waals surface area contributed by atoms with E-state index in [-0.39, 0.29) is 11.5 Å². The van der Waals surface area contributed by atoms with E-state index >= 15 is 0 Å². The molecule has 0 unspecified atom stereocenters. The second kappa shape index (κ2) is 7.61. The van der Waals surface area contributed by atoms with Crippen molar-refractivity contribution in [2.45, 2.75) is 0 Å². The highest BCUT2D eigenvalue weighted by Gasteiger charge is 2.33. The molecule has 2 aromatic carbocycles. The summed E-state index contributed by atoms with van der Waals surface area (Å²) < 4.78 is 6.33. The number of hydrogen-bond donors (Lipinski definition) is 1. The zero-order chi connectivity index (χ0) is 18.8. The van der Waals surface area contributed by atoms with Gasteiger partial charge in [0.05, 0.1) is 27.7 Å². The molecule has 1 N–H and O–H groups in total. The van der Waals surface area contributed by atoms with Gasteiger partial charge in [-0.2, -0.15) is 0 Å². The number of thioether (sulfide) groups is 1. The maximum absolute atomic E-state index is 12.8. The van der Waals surface area contributed by atoms with Gasteiger partial charge in [0.1, 0.15) is 5.75 Å². The van der Waals surface area contributed by atoms with Crippen LogP contribution >= 0.6 is 39.9 Å². The average molecular weight is 450 g/mol. The highest BCUT2D eigenvalue weighted by molar-refractivity contribution is 9.10. The van der Waals surface area contributed by atoms with E-state index in [0.717, 1.165) is 10.0 Å². The van der Waals surface area contributed by atoms with Crippen molar-refractivity contribution in [3.05, 3.63) is 63.0 Å². The Morgan fingerprint density at radius 3 is 2.73 bits per heavy atom. The number of carbonyl (C=O) groups excluding carboxylic acids is 1. The number of rotatable bonds is 4. The molecule has 0 radical (unpaired) electrons. The number of halogens is 1. The summed E-state index contributed by atoms with van der Waals surface area (Å²) in [5, 5.41) is 9.13. The van der Waals surface area contributed by atoms with Crippen molar-refractivity contribution >= 4 is 67.9 Å². The molecule has 26 heavy (non-hydrogen) atoms. The van der Waals surface area contributed by atoms with Gasteiger partial charge in [0.15, 0.2) is 4.32 Å². The van der Waals surface area contributed by atoms with Crippen LogP contribution in [0, 0.1) is 0 Å². The van der Waals surface area contributed by atoms with Crippen LogP contribution in [0.1, 0.15) is 15.9 Å². The second-order valence-electron chi connectivity index (χ2n) is 5.27. The fraction of sp³-hybridized carbons (Fsp3) is 0.0556. The first-order valence-electron chi connectivity index (χ1n) is 7.35. The van der Waals surface area contributed by atoms with E-state index in [1.54, 1.807) is 31.4 Å². The Bertz CT molecular complexity index is 958. The summed E-state index contributed by atoms with van der Waals surface area (Å²) >= 11 is 9.91. The van der Waals surface area contributed by atoms with Crippen molar-refractivity contribution in [1.82, 2.24) is 0 Å². The lowest BCUT2D eigenvalue weighted by Gasteiger charge is -2.14. The van der Waals surface area contributed by atoms with Crippen LogP contribution in [-0.4, -0.2) is 28.4 Å². The van der Waals surface area contributed by atoms with Gasteiger partial charge in [-0.3, -0.25) is 9.69 Å². The molecule has 1 heterocycles. The van der Waals surface area contributed by atoms with Gasteiger partial charge < -0.3 is 9.84 Å². The Labute approximate surface area is 167 Å². The van der Waals surface area contributed by atoms with Crippen LogP contribution in [0.2, 0.25) is 0 Å². The monoisotopic (exact) mass is 449 g/mol. The Balaban J connectivity index is 1.93. The van der Waals surface area contributed by atoms with Gasteiger partial charge in [-0.05, 0) is 57.9 Å². The quantitative estimate of drug-likeness (QED) is 0.544. The number of nitrogens with zero attached hydrogens (tertiary/aromatic N) is 1. The summed E-state index contributed by atoms with van der Waals surface area (Å²) in [6.45, 7) is 0. The molecule has 0 atom stereocenters. The van der Waals surface area contributed by atoms with Crippen LogP contribution in [0.3, 0.4) is 0 Å². The first kappa shape index (κ1) is 18.6. The molecule has 1 amide bonds. The molecular formula is C18H12BrNO4S2. The topological polar surface area (TPSA) is 66.8 Å². The number of aromatic carboxylic acids is 1. The fourth-order valence-electron chi connectivity index (χ4n) is 2.39. The zero-order valence-electron chi connectivity index (χ0n) is 13.4. The molecular weight excluding hydrogens is 438 g/mol. The van der Waals surface area contributed by atoms with E-state index < -0.39 is 5.97 Å². The van der Waals surface area contributed by atoms with E-state index in [1.165, 1.54) is 28.8 Å². The highest BCUT2D eigenvalue weighted by Crippen LogP contribution is 2.37. The highest BCUT2D eigenvalue weighted by atomic mass is 79.9. The molecule has 3 rings (SSSR count). The first-order valence-corrected chi connectivity index (χ1v) is 9.37. The number of methoxy groups -OCH3 is 1. The van der Waals surface area contributed by atoms with Crippen molar-refractivity contribution in [2.24, 2.45) is 0 Å². The van der Waals surface area contributed by atoms with Gasteiger partial charge in [0.25, 0.3) is 5.91 Å². The molecule has 5 nitrogen and oxygen atoms in total. The molecule has 1 aliphatic rings. The minimum atomic E-state index is -1.06. The van der Waals surface area contributed by atoms with E-state index in [9.17, 15) is 9.59 Å². The lowest BCUT2D eigenvalue weighted by Crippen LogP contribution is -2.27. The number of benzene rings is 2. The smallest absolute Gasteiger partial charge is 0.335 e. The number of hydrogen-bond acceptors (Lipinski definition) is 5. The molecule has 0 aromatic heterocycles. The van der Waals surface area contributed by atoms with Gasteiger partial charge in [0.2, 0.25) is 0 Å². The third-order valence-electron chi connectivity index (χ3n) is 3.62. The lowest BCUT2D eigenvalue weighted by atomic mass is 10.1. The molecule has 0 saturated carbocycles. The summed E-state index contributed by atoms with van der Waals surface area (Å²) in [6, 6.07) is 11.6. The van der Waals surface area contributed by atoms with Crippen molar-refractivity contribution in [3.63, 3.8) is 0 Å². The lowest BCUT2D eigenvalue weighted by molar-refractivity contribution is -0.113. The number of thiocarbonyl (C=S) groups is 1. The molecule has 1 fully saturated rings. The van der Waals surface area contributed by atoms with E-state index in [2.05, 4.69) is 15.9 Å². The Kier molecular flexibility index (Phi) is 5.45. The van der Waals surface area contributed by atoms with Crippen LogP contribution < -0.4 is 9.64 Å². The Hall–Kier alpha value is -2.16. The molecule has 0 aliphatic carbocycles. The van der Waals surface area contributed by atoms with Crippen molar-refractivity contribution in [2.75, 3.05) is 12.0 Å². The van der Waals surface area contributed by atoms with Crippen LogP contribution in [0.15, 0.2) is 51.8 Å². The number of carboxylic acids is 1. The van der Waals surface area contributed by atoms with Crippen molar-refractivity contribution < 1.29 is 19.4 Å². The molecule has 2 aromatic rings. The minimum Gasteiger partial charge on any atom is -0.496 e. The fourth-order valence-corrected chi connectivity index (χ4v) is 4.25. The predicted octanol–water partition coefficient (Wildman–Crippen LogP) is 4.56. The molecule has 8 heteroatoms. The number of amides is 1. The van der Waals surface area contributed by atoms with Gasteiger partial charge in [0, 0.05) is 0 Å². The van der Waals surface area contributed by atoms with Crippen LogP contribution in [0.25, 0.3) is 6.08 Å². The maximum atomic E-state index is 12.8. The Morgan fingerprint density at radius 1 is 1.31 bits per heavy atom. The molecule has 0 spiro atoms. The van der Waals surface area contributed by atoms with Crippen molar-refractivity contribution in [1.29, 1.82) is 0 Å². The molecule has 132 valence electrons. The van der Waals surface area contributed by atoms with Crippen LogP contribution in [0.5, 0.6) is 5.75 Å². The van der Waals surface area contributed by atoms with E-state index in [1.807, 2.05) is 12.1 Å². The number of carboxylic acid groups (broad SMARTS) is 1. The number of ether oxygens (including phenoxy) is 1. The summed E-state index contributed by atoms with van der Waals surface area (Å²) in [5.74, 6) is -0.648. The van der Waals surface area contributed by atoms with Crippen molar-refractivity contribution in [3.8, 4) is 5.75 Å². The Morgan fingerprint density at radius 2 is 2.08 bits per heavy atom. The SMILES string of the molecule is COc1ccc(/C=C2/SC(=S)N(c3cccc(C(=O)O)c3)C2=O)cc1Br. The number of carbonyl (C=O) groups is 2. The largest absolute Gasteiger partial charge is 0.496 e. The van der Waals surface area contributed by atoms with Crippen LogP contribution in [0.4, 0.5) is 5.69 Å². The molecule has 0 bridgehead atoms.